The van der Waals surface area contributed by atoms with Crippen LogP contribution in [0.3, 0.4) is 0 Å². The Bertz CT molecular complexity index is 484. The lowest BCUT2D eigenvalue weighted by Gasteiger charge is -2.43. The van der Waals surface area contributed by atoms with Crippen LogP contribution in [-0.4, -0.2) is 24.5 Å². The van der Waals surface area contributed by atoms with Gasteiger partial charge in [0.15, 0.2) is 0 Å². The SMILES string of the molecule is Cc1cc(F)ccc1C(CN)N1CCC2(CCCC2)CC1. The summed E-state index contributed by atoms with van der Waals surface area (Å²) in [5, 5.41) is 0. The zero-order valence-electron chi connectivity index (χ0n) is 13.1. The van der Waals surface area contributed by atoms with Gasteiger partial charge >= 0.3 is 0 Å². The van der Waals surface area contributed by atoms with Crippen LogP contribution in [0.2, 0.25) is 0 Å². The molecular formula is C18H27FN2. The number of hydrogen-bond donors (Lipinski definition) is 1. The van der Waals surface area contributed by atoms with Gasteiger partial charge in [-0.2, -0.15) is 0 Å². The second-order valence-corrected chi connectivity index (χ2v) is 7.00. The van der Waals surface area contributed by atoms with Crippen LogP contribution in [0, 0.1) is 18.2 Å². The van der Waals surface area contributed by atoms with E-state index in [1.165, 1.54) is 44.1 Å². The monoisotopic (exact) mass is 290 g/mol. The predicted molar refractivity (Wildman–Crippen MR) is 84.6 cm³/mol. The van der Waals surface area contributed by atoms with Crippen molar-refractivity contribution in [2.24, 2.45) is 11.1 Å². The molecule has 21 heavy (non-hydrogen) atoms. The van der Waals surface area contributed by atoms with Crippen LogP contribution in [0.25, 0.3) is 0 Å². The van der Waals surface area contributed by atoms with E-state index in [1.54, 1.807) is 12.1 Å². The van der Waals surface area contributed by atoms with Crippen LogP contribution in [-0.2, 0) is 0 Å². The second-order valence-electron chi connectivity index (χ2n) is 7.00. The van der Waals surface area contributed by atoms with Crippen molar-refractivity contribution in [3.05, 3.63) is 35.1 Å². The molecule has 2 aliphatic rings. The number of hydrogen-bond acceptors (Lipinski definition) is 2. The second kappa shape index (κ2) is 6.05. The van der Waals surface area contributed by atoms with Gasteiger partial charge in [0.1, 0.15) is 5.82 Å². The fourth-order valence-corrected chi connectivity index (χ4v) is 4.42. The molecule has 1 heterocycles. The number of aryl methyl sites for hydroxylation is 1. The maximum absolute atomic E-state index is 13.3. The highest BCUT2D eigenvalue weighted by Gasteiger charge is 2.38. The fraction of sp³-hybridized carbons (Fsp3) is 0.667. The van der Waals surface area contributed by atoms with Crippen molar-refractivity contribution in [1.29, 1.82) is 0 Å². The van der Waals surface area contributed by atoms with Crippen LogP contribution in [0.15, 0.2) is 18.2 Å². The van der Waals surface area contributed by atoms with E-state index in [4.69, 9.17) is 5.73 Å². The largest absolute Gasteiger partial charge is 0.329 e. The highest BCUT2D eigenvalue weighted by Crippen LogP contribution is 2.47. The van der Waals surface area contributed by atoms with Crippen molar-refractivity contribution in [3.8, 4) is 0 Å². The number of benzene rings is 1. The minimum absolute atomic E-state index is 0.157. The molecule has 0 bridgehead atoms. The molecule has 0 radical (unpaired) electrons. The van der Waals surface area contributed by atoms with E-state index in [0.717, 1.165) is 18.7 Å². The van der Waals surface area contributed by atoms with Gasteiger partial charge < -0.3 is 5.73 Å². The zero-order valence-corrected chi connectivity index (χ0v) is 13.1. The topological polar surface area (TPSA) is 29.3 Å². The standard InChI is InChI=1S/C18H27FN2/c1-14-12-15(19)4-5-16(14)17(13-20)21-10-8-18(9-11-21)6-2-3-7-18/h4-5,12,17H,2-3,6-11,13,20H2,1H3. The molecule has 1 atom stereocenters. The number of nitrogens with two attached hydrogens (primary N) is 1. The highest BCUT2D eigenvalue weighted by atomic mass is 19.1. The summed E-state index contributed by atoms with van der Waals surface area (Å²) in [6, 6.07) is 5.35. The van der Waals surface area contributed by atoms with Crippen LogP contribution >= 0.6 is 0 Å². The zero-order chi connectivity index (χ0) is 14.9. The quantitative estimate of drug-likeness (QED) is 0.917. The molecular weight excluding hydrogens is 263 g/mol. The van der Waals surface area contributed by atoms with Gasteiger partial charge in [-0.1, -0.05) is 18.9 Å². The normalized spacial score (nSPS) is 23.6. The molecule has 3 rings (SSSR count). The first-order valence-corrected chi connectivity index (χ1v) is 8.34. The maximum Gasteiger partial charge on any atom is 0.123 e. The minimum atomic E-state index is -0.157. The van der Waals surface area contributed by atoms with Crippen molar-refractivity contribution in [1.82, 2.24) is 4.90 Å². The molecule has 0 amide bonds. The van der Waals surface area contributed by atoms with Crippen LogP contribution in [0.1, 0.15) is 55.7 Å². The molecule has 1 spiro atoms. The van der Waals surface area contributed by atoms with E-state index >= 15 is 0 Å². The van der Waals surface area contributed by atoms with Gasteiger partial charge in [-0.15, -0.1) is 0 Å². The molecule has 1 unspecified atom stereocenters. The lowest BCUT2D eigenvalue weighted by Crippen LogP contribution is -2.43. The van der Waals surface area contributed by atoms with Crippen molar-refractivity contribution in [2.75, 3.05) is 19.6 Å². The third-order valence-corrected chi connectivity index (χ3v) is 5.78. The Morgan fingerprint density at radius 3 is 2.43 bits per heavy atom. The fourth-order valence-electron chi connectivity index (χ4n) is 4.42. The van der Waals surface area contributed by atoms with E-state index in [0.29, 0.717) is 12.0 Å². The van der Waals surface area contributed by atoms with Crippen molar-refractivity contribution >= 4 is 0 Å². The Hall–Kier alpha value is -0.930. The first-order chi connectivity index (χ1) is 10.1. The van der Waals surface area contributed by atoms with Gasteiger partial charge in [0.05, 0.1) is 0 Å². The Kier molecular flexibility index (Phi) is 4.32. The first-order valence-electron chi connectivity index (χ1n) is 8.34. The first kappa shape index (κ1) is 15.0. The number of nitrogens with zero attached hydrogens (tertiary/aromatic N) is 1. The van der Waals surface area contributed by atoms with Crippen molar-refractivity contribution in [2.45, 2.75) is 51.5 Å². The molecule has 1 aliphatic carbocycles. The van der Waals surface area contributed by atoms with E-state index < -0.39 is 0 Å². The minimum Gasteiger partial charge on any atom is -0.329 e. The van der Waals surface area contributed by atoms with Crippen molar-refractivity contribution < 1.29 is 4.39 Å². The van der Waals surface area contributed by atoms with Crippen molar-refractivity contribution in [3.63, 3.8) is 0 Å². The van der Waals surface area contributed by atoms with E-state index in [-0.39, 0.29) is 11.9 Å². The smallest absolute Gasteiger partial charge is 0.123 e. The van der Waals surface area contributed by atoms with Gasteiger partial charge in [-0.25, -0.2) is 4.39 Å². The van der Waals surface area contributed by atoms with Crippen LogP contribution in [0.4, 0.5) is 4.39 Å². The Balaban J connectivity index is 1.72. The molecule has 1 aliphatic heterocycles. The summed E-state index contributed by atoms with van der Waals surface area (Å²) in [6.07, 6.45) is 8.29. The molecule has 0 aromatic heterocycles. The van der Waals surface area contributed by atoms with E-state index in [1.807, 2.05) is 13.0 Å². The molecule has 1 aromatic carbocycles. The summed E-state index contributed by atoms with van der Waals surface area (Å²) in [5.74, 6) is -0.157. The van der Waals surface area contributed by atoms with E-state index in [2.05, 4.69) is 4.90 Å². The molecule has 1 saturated heterocycles. The lowest BCUT2D eigenvalue weighted by molar-refractivity contribution is 0.0778. The summed E-state index contributed by atoms with van der Waals surface area (Å²) >= 11 is 0. The Morgan fingerprint density at radius 2 is 1.86 bits per heavy atom. The highest BCUT2D eigenvalue weighted by molar-refractivity contribution is 5.30. The molecule has 1 saturated carbocycles. The Morgan fingerprint density at radius 1 is 1.19 bits per heavy atom. The summed E-state index contributed by atoms with van der Waals surface area (Å²) in [6.45, 7) is 4.88. The van der Waals surface area contributed by atoms with Crippen LogP contribution < -0.4 is 5.73 Å². The number of likely N-dealkylation sites (tertiary alicyclic amines) is 1. The van der Waals surface area contributed by atoms with Gasteiger partial charge in [0.25, 0.3) is 0 Å². The number of halogens is 1. The number of rotatable bonds is 3. The molecule has 116 valence electrons. The number of piperidine rings is 1. The lowest BCUT2D eigenvalue weighted by atomic mass is 9.76. The van der Waals surface area contributed by atoms with Gasteiger partial charge in [0, 0.05) is 12.6 Å². The Labute approximate surface area is 127 Å². The summed E-state index contributed by atoms with van der Waals surface area (Å²) < 4.78 is 13.3. The van der Waals surface area contributed by atoms with E-state index in [9.17, 15) is 4.39 Å². The molecule has 3 heteroatoms. The summed E-state index contributed by atoms with van der Waals surface area (Å²) in [7, 11) is 0. The molecule has 2 fully saturated rings. The predicted octanol–water partition coefficient (Wildman–Crippen LogP) is 3.79. The molecule has 1 aromatic rings. The maximum atomic E-state index is 13.3. The average Bonchev–Trinajstić information content (AvgIpc) is 2.92. The summed E-state index contributed by atoms with van der Waals surface area (Å²) in [4.78, 5) is 2.52. The third kappa shape index (κ3) is 3.00. The van der Waals surface area contributed by atoms with Gasteiger partial charge in [0.2, 0.25) is 0 Å². The third-order valence-electron chi connectivity index (χ3n) is 5.78. The van der Waals surface area contributed by atoms with Gasteiger partial charge in [-0.05, 0) is 74.4 Å². The average molecular weight is 290 g/mol. The molecule has 2 N–H and O–H groups in total. The van der Waals surface area contributed by atoms with Crippen LogP contribution in [0.5, 0.6) is 0 Å². The van der Waals surface area contributed by atoms with Gasteiger partial charge in [-0.3, -0.25) is 4.90 Å². The molecule has 2 nitrogen and oxygen atoms in total. The summed E-state index contributed by atoms with van der Waals surface area (Å²) in [5.41, 5.74) is 8.90.